The van der Waals surface area contributed by atoms with Crippen LogP contribution in [-0.2, 0) is 14.3 Å². The minimum atomic E-state index is -0.0552. The van der Waals surface area contributed by atoms with Crippen molar-refractivity contribution in [3.8, 4) is 0 Å². The highest BCUT2D eigenvalue weighted by Crippen LogP contribution is 2.22. The number of aryl methyl sites for hydroxylation is 1. The van der Waals surface area contributed by atoms with E-state index >= 15 is 0 Å². The van der Waals surface area contributed by atoms with Crippen molar-refractivity contribution in [1.29, 1.82) is 0 Å². The number of nitrogens with zero attached hydrogens (tertiary/aromatic N) is 3. The quantitative estimate of drug-likeness (QED) is 0.819. The fourth-order valence-electron chi connectivity index (χ4n) is 3.34. The summed E-state index contributed by atoms with van der Waals surface area (Å²) < 4.78 is 10.7. The summed E-state index contributed by atoms with van der Waals surface area (Å²) in [6, 6.07) is 9.56. The number of benzene rings is 1. The van der Waals surface area contributed by atoms with Gasteiger partial charge in [-0.15, -0.1) is 0 Å². The summed E-state index contributed by atoms with van der Waals surface area (Å²) in [4.78, 5) is 23.4. The molecule has 2 aromatic rings. The number of rotatable bonds is 5. The van der Waals surface area contributed by atoms with Gasteiger partial charge in [-0.25, -0.2) is 9.97 Å². The second-order valence-electron chi connectivity index (χ2n) is 7.01. The molecule has 1 unspecified atom stereocenters. The van der Waals surface area contributed by atoms with Gasteiger partial charge in [0.25, 0.3) is 0 Å². The van der Waals surface area contributed by atoms with Gasteiger partial charge in [-0.2, -0.15) is 0 Å². The molecule has 148 valence electrons. The Morgan fingerprint density at radius 2 is 1.82 bits per heavy atom. The van der Waals surface area contributed by atoms with Crippen molar-refractivity contribution in [3.63, 3.8) is 0 Å². The van der Waals surface area contributed by atoms with Crippen molar-refractivity contribution >= 4 is 28.9 Å². The first-order valence-electron chi connectivity index (χ1n) is 9.61. The van der Waals surface area contributed by atoms with Crippen LogP contribution in [0.4, 0.5) is 23.0 Å². The van der Waals surface area contributed by atoms with E-state index in [1.54, 1.807) is 0 Å². The van der Waals surface area contributed by atoms with Gasteiger partial charge in [0.15, 0.2) is 0 Å². The molecule has 1 aromatic heterocycles. The van der Waals surface area contributed by atoms with E-state index in [-0.39, 0.29) is 11.8 Å². The van der Waals surface area contributed by atoms with E-state index in [1.165, 1.54) is 0 Å². The Kier molecular flexibility index (Phi) is 5.68. The van der Waals surface area contributed by atoms with E-state index in [0.29, 0.717) is 32.3 Å². The average molecular weight is 383 g/mol. The maximum atomic E-state index is 12.2. The number of ether oxygens (including phenoxy) is 2. The van der Waals surface area contributed by atoms with Gasteiger partial charge >= 0.3 is 0 Å². The highest BCUT2D eigenvalue weighted by Gasteiger charge is 2.23. The molecule has 2 fully saturated rings. The van der Waals surface area contributed by atoms with Gasteiger partial charge in [0.05, 0.1) is 25.7 Å². The number of hydrogen-bond acceptors (Lipinski definition) is 7. The molecule has 0 bridgehead atoms. The Balaban J connectivity index is 1.41. The fraction of sp³-hybridized carbons (Fsp3) is 0.450. The summed E-state index contributed by atoms with van der Waals surface area (Å²) in [6.07, 6.45) is 0.782. The molecule has 2 aliphatic heterocycles. The first-order chi connectivity index (χ1) is 13.7. The highest BCUT2D eigenvalue weighted by molar-refractivity contribution is 5.93. The molecule has 8 heteroatoms. The van der Waals surface area contributed by atoms with E-state index in [9.17, 15) is 4.79 Å². The third-order valence-corrected chi connectivity index (χ3v) is 4.88. The molecule has 0 aliphatic carbocycles. The molecular formula is C20H25N5O3. The molecule has 0 saturated carbocycles. The SMILES string of the molecule is Cc1nc(Nc2ccc(NC(=O)C3CCOC3)cc2)cc(N2CCOCC2)n1. The van der Waals surface area contributed by atoms with Gasteiger partial charge in [0.2, 0.25) is 5.91 Å². The molecule has 2 N–H and O–H groups in total. The average Bonchev–Trinajstić information content (AvgIpc) is 3.25. The van der Waals surface area contributed by atoms with Gasteiger partial charge in [0, 0.05) is 37.1 Å². The van der Waals surface area contributed by atoms with E-state index in [4.69, 9.17) is 9.47 Å². The van der Waals surface area contributed by atoms with Gasteiger partial charge in [0.1, 0.15) is 17.5 Å². The first-order valence-corrected chi connectivity index (χ1v) is 9.61. The fourth-order valence-corrected chi connectivity index (χ4v) is 3.34. The second kappa shape index (κ2) is 8.53. The number of anilines is 4. The van der Waals surface area contributed by atoms with Crippen LogP contribution < -0.4 is 15.5 Å². The molecule has 1 aromatic carbocycles. The topological polar surface area (TPSA) is 88.6 Å². The number of carbonyl (C=O) groups is 1. The lowest BCUT2D eigenvalue weighted by Gasteiger charge is -2.28. The van der Waals surface area contributed by atoms with Crippen molar-refractivity contribution in [2.24, 2.45) is 5.92 Å². The van der Waals surface area contributed by atoms with Crippen LogP contribution in [0.15, 0.2) is 30.3 Å². The van der Waals surface area contributed by atoms with Crippen LogP contribution in [-0.4, -0.2) is 55.4 Å². The lowest BCUT2D eigenvalue weighted by atomic mass is 10.1. The van der Waals surface area contributed by atoms with Crippen LogP contribution in [0.1, 0.15) is 12.2 Å². The maximum Gasteiger partial charge on any atom is 0.229 e. The minimum absolute atomic E-state index is 0.0137. The lowest BCUT2D eigenvalue weighted by Crippen LogP contribution is -2.36. The Morgan fingerprint density at radius 1 is 1.07 bits per heavy atom. The Morgan fingerprint density at radius 3 is 2.54 bits per heavy atom. The zero-order valence-corrected chi connectivity index (χ0v) is 16.0. The summed E-state index contributed by atoms with van der Waals surface area (Å²) in [5, 5.41) is 6.26. The molecule has 1 amide bonds. The predicted octanol–water partition coefficient (Wildman–Crippen LogP) is 2.34. The van der Waals surface area contributed by atoms with Crippen LogP contribution in [0.25, 0.3) is 0 Å². The number of amides is 1. The van der Waals surface area contributed by atoms with Crippen molar-refractivity contribution in [1.82, 2.24) is 9.97 Å². The van der Waals surface area contributed by atoms with Gasteiger partial charge < -0.3 is 25.0 Å². The molecule has 2 aliphatic rings. The number of hydrogen-bond donors (Lipinski definition) is 2. The Bertz CT molecular complexity index is 815. The highest BCUT2D eigenvalue weighted by atomic mass is 16.5. The van der Waals surface area contributed by atoms with Crippen LogP contribution >= 0.6 is 0 Å². The summed E-state index contributed by atoms with van der Waals surface area (Å²) in [6.45, 7) is 6.14. The van der Waals surface area contributed by atoms with Crippen molar-refractivity contribution < 1.29 is 14.3 Å². The van der Waals surface area contributed by atoms with Gasteiger partial charge in [-0.3, -0.25) is 4.79 Å². The molecule has 2 saturated heterocycles. The molecule has 8 nitrogen and oxygen atoms in total. The summed E-state index contributed by atoms with van der Waals surface area (Å²) in [7, 11) is 0. The van der Waals surface area contributed by atoms with Crippen molar-refractivity contribution in [2.75, 3.05) is 55.1 Å². The van der Waals surface area contributed by atoms with Crippen LogP contribution in [0.5, 0.6) is 0 Å². The van der Waals surface area contributed by atoms with Crippen molar-refractivity contribution in [3.05, 3.63) is 36.2 Å². The van der Waals surface area contributed by atoms with E-state index in [2.05, 4.69) is 25.5 Å². The number of nitrogens with one attached hydrogen (secondary N) is 2. The van der Waals surface area contributed by atoms with E-state index in [0.717, 1.165) is 42.5 Å². The molecule has 0 radical (unpaired) electrons. The molecule has 4 rings (SSSR count). The summed E-state index contributed by atoms with van der Waals surface area (Å²) >= 11 is 0. The van der Waals surface area contributed by atoms with Crippen LogP contribution in [0.3, 0.4) is 0 Å². The predicted molar refractivity (Wildman–Crippen MR) is 107 cm³/mol. The zero-order valence-electron chi connectivity index (χ0n) is 16.0. The summed E-state index contributed by atoms with van der Waals surface area (Å²) in [5.74, 6) is 2.32. The van der Waals surface area contributed by atoms with Crippen LogP contribution in [0, 0.1) is 12.8 Å². The Labute approximate surface area is 164 Å². The van der Waals surface area contributed by atoms with Crippen LogP contribution in [0.2, 0.25) is 0 Å². The van der Waals surface area contributed by atoms with Gasteiger partial charge in [-0.05, 0) is 37.6 Å². The molecule has 0 spiro atoms. The monoisotopic (exact) mass is 383 g/mol. The standard InChI is InChI=1S/C20H25N5O3/c1-14-21-18(12-19(22-14)25-7-10-27-11-8-25)23-16-2-4-17(5-3-16)24-20(26)15-6-9-28-13-15/h2-5,12,15H,6-11,13H2,1H3,(H,24,26)(H,21,22,23). The molecule has 3 heterocycles. The molecular weight excluding hydrogens is 358 g/mol. The first kappa shape index (κ1) is 18.6. The molecule has 1 atom stereocenters. The summed E-state index contributed by atoms with van der Waals surface area (Å²) in [5.41, 5.74) is 1.67. The smallest absolute Gasteiger partial charge is 0.229 e. The third-order valence-electron chi connectivity index (χ3n) is 4.88. The number of carbonyl (C=O) groups excluding carboxylic acids is 1. The normalized spacial score (nSPS) is 19.5. The van der Waals surface area contributed by atoms with E-state index in [1.807, 2.05) is 37.3 Å². The lowest BCUT2D eigenvalue weighted by molar-refractivity contribution is -0.119. The van der Waals surface area contributed by atoms with E-state index < -0.39 is 0 Å². The zero-order chi connectivity index (χ0) is 19.3. The van der Waals surface area contributed by atoms with Crippen molar-refractivity contribution in [2.45, 2.75) is 13.3 Å². The largest absolute Gasteiger partial charge is 0.381 e. The Hall–Kier alpha value is -2.71. The third kappa shape index (κ3) is 4.58. The number of aromatic nitrogens is 2. The molecule has 28 heavy (non-hydrogen) atoms. The minimum Gasteiger partial charge on any atom is -0.381 e. The maximum absolute atomic E-state index is 12.2. The second-order valence-corrected chi connectivity index (χ2v) is 7.01. The van der Waals surface area contributed by atoms with Gasteiger partial charge in [-0.1, -0.05) is 0 Å². The number of morpholine rings is 1.